The number of ether oxygens (including phenoxy) is 1. The third-order valence-corrected chi connectivity index (χ3v) is 4.37. The summed E-state index contributed by atoms with van der Waals surface area (Å²) >= 11 is 1.58. The largest absolute Gasteiger partial charge is 0.444 e. The molecule has 0 radical (unpaired) electrons. The number of alkyl carbamates (subject to hydrolysis) is 1. The number of amides is 1. The predicted octanol–water partition coefficient (Wildman–Crippen LogP) is 3.95. The lowest BCUT2D eigenvalue weighted by Gasteiger charge is -2.24. The zero-order valence-electron chi connectivity index (χ0n) is 13.7. The molecule has 0 bridgehead atoms. The van der Waals surface area contributed by atoms with Crippen LogP contribution in [-0.2, 0) is 4.74 Å². The highest BCUT2D eigenvalue weighted by molar-refractivity contribution is 7.10. The SMILES string of the molecule is CC(C)(C)OC(=O)NCC(F)(F)CNC(c1cccs1)C1CC1. The second-order valence-electron chi connectivity index (χ2n) is 6.92. The number of hydrogen-bond donors (Lipinski definition) is 2. The smallest absolute Gasteiger partial charge is 0.407 e. The van der Waals surface area contributed by atoms with Gasteiger partial charge in [-0.2, -0.15) is 0 Å². The van der Waals surface area contributed by atoms with Crippen LogP contribution < -0.4 is 10.6 Å². The molecule has 2 rings (SSSR count). The molecule has 7 heteroatoms. The predicted molar refractivity (Wildman–Crippen MR) is 87.0 cm³/mol. The summed E-state index contributed by atoms with van der Waals surface area (Å²) in [5.41, 5.74) is -0.701. The van der Waals surface area contributed by atoms with E-state index < -0.39 is 30.7 Å². The molecule has 0 saturated heterocycles. The Morgan fingerprint density at radius 1 is 1.39 bits per heavy atom. The van der Waals surface area contributed by atoms with Crippen molar-refractivity contribution in [3.63, 3.8) is 0 Å². The molecular weight excluding hydrogens is 322 g/mol. The Bertz CT molecular complexity index is 511. The molecule has 1 saturated carbocycles. The van der Waals surface area contributed by atoms with E-state index in [-0.39, 0.29) is 6.04 Å². The molecule has 1 aromatic heterocycles. The minimum absolute atomic E-state index is 0.0256. The van der Waals surface area contributed by atoms with Crippen LogP contribution in [0.1, 0.15) is 44.5 Å². The van der Waals surface area contributed by atoms with E-state index in [9.17, 15) is 13.6 Å². The maximum Gasteiger partial charge on any atom is 0.407 e. The quantitative estimate of drug-likeness (QED) is 0.786. The van der Waals surface area contributed by atoms with Gasteiger partial charge in [0.15, 0.2) is 0 Å². The maximum atomic E-state index is 14.0. The van der Waals surface area contributed by atoms with E-state index in [2.05, 4.69) is 10.6 Å². The van der Waals surface area contributed by atoms with Crippen molar-refractivity contribution in [1.82, 2.24) is 10.6 Å². The lowest BCUT2D eigenvalue weighted by atomic mass is 10.1. The van der Waals surface area contributed by atoms with Gasteiger partial charge in [0.25, 0.3) is 5.92 Å². The summed E-state index contributed by atoms with van der Waals surface area (Å²) in [5, 5.41) is 7.05. The minimum atomic E-state index is -3.03. The average molecular weight is 346 g/mol. The van der Waals surface area contributed by atoms with Crippen LogP contribution in [0.25, 0.3) is 0 Å². The van der Waals surface area contributed by atoms with E-state index in [1.165, 1.54) is 0 Å². The normalized spacial score (nSPS) is 16.9. The van der Waals surface area contributed by atoms with Crippen LogP contribution in [0.3, 0.4) is 0 Å². The Morgan fingerprint density at radius 2 is 2.09 bits per heavy atom. The molecule has 1 aliphatic rings. The summed E-state index contributed by atoms with van der Waals surface area (Å²) < 4.78 is 32.9. The van der Waals surface area contributed by atoms with Crippen LogP contribution >= 0.6 is 11.3 Å². The highest BCUT2D eigenvalue weighted by atomic mass is 32.1. The molecule has 1 amide bonds. The van der Waals surface area contributed by atoms with Gasteiger partial charge < -0.3 is 15.4 Å². The summed E-state index contributed by atoms with van der Waals surface area (Å²) in [7, 11) is 0. The summed E-state index contributed by atoms with van der Waals surface area (Å²) in [6, 6.07) is 3.87. The highest BCUT2D eigenvalue weighted by Gasteiger charge is 2.36. The first-order chi connectivity index (χ1) is 10.7. The minimum Gasteiger partial charge on any atom is -0.444 e. The Hall–Kier alpha value is -1.21. The summed E-state index contributed by atoms with van der Waals surface area (Å²) in [6.07, 6.45) is 1.31. The Kier molecular flexibility index (Phi) is 5.62. The molecular formula is C16H24F2N2O2S. The molecule has 0 aliphatic heterocycles. The molecule has 1 atom stereocenters. The topological polar surface area (TPSA) is 50.4 Å². The molecule has 1 heterocycles. The molecule has 0 spiro atoms. The van der Waals surface area contributed by atoms with Crippen molar-refractivity contribution >= 4 is 17.4 Å². The van der Waals surface area contributed by atoms with Crippen LogP contribution in [0.4, 0.5) is 13.6 Å². The number of carbonyl (C=O) groups excluding carboxylic acids is 1. The van der Waals surface area contributed by atoms with E-state index in [4.69, 9.17) is 4.74 Å². The lowest BCUT2D eigenvalue weighted by molar-refractivity contribution is -0.00606. The molecule has 130 valence electrons. The van der Waals surface area contributed by atoms with Crippen molar-refractivity contribution in [1.29, 1.82) is 0 Å². The standard InChI is InChI=1S/C16H24F2N2O2S/c1-15(2,3)22-14(21)20-10-16(17,18)9-19-13(11-6-7-11)12-5-4-8-23-12/h4-5,8,11,13,19H,6-7,9-10H2,1-3H3,(H,20,21). The first-order valence-electron chi connectivity index (χ1n) is 7.78. The second-order valence-corrected chi connectivity index (χ2v) is 7.90. The van der Waals surface area contributed by atoms with Gasteiger partial charge >= 0.3 is 6.09 Å². The third kappa shape index (κ3) is 6.43. The van der Waals surface area contributed by atoms with Crippen molar-refractivity contribution < 1.29 is 18.3 Å². The number of halogens is 2. The van der Waals surface area contributed by atoms with Crippen molar-refractivity contribution in [3.05, 3.63) is 22.4 Å². The van der Waals surface area contributed by atoms with Crippen molar-refractivity contribution in [2.75, 3.05) is 13.1 Å². The second kappa shape index (κ2) is 7.13. The number of thiophene rings is 1. The van der Waals surface area contributed by atoms with Gasteiger partial charge in [-0.15, -0.1) is 11.3 Å². The van der Waals surface area contributed by atoms with Crippen LogP contribution in [0.2, 0.25) is 0 Å². The van der Waals surface area contributed by atoms with Gasteiger partial charge in [0.2, 0.25) is 0 Å². The Balaban J connectivity index is 1.80. The molecule has 2 N–H and O–H groups in total. The fraction of sp³-hybridized carbons (Fsp3) is 0.688. The van der Waals surface area contributed by atoms with E-state index in [1.807, 2.05) is 17.5 Å². The average Bonchev–Trinajstić information content (AvgIpc) is 3.10. The van der Waals surface area contributed by atoms with E-state index >= 15 is 0 Å². The first-order valence-corrected chi connectivity index (χ1v) is 8.66. The number of nitrogens with one attached hydrogen (secondary N) is 2. The zero-order chi connectivity index (χ0) is 17.1. The van der Waals surface area contributed by atoms with E-state index in [1.54, 1.807) is 32.1 Å². The molecule has 23 heavy (non-hydrogen) atoms. The maximum absolute atomic E-state index is 14.0. The highest BCUT2D eigenvalue weighted by Crippen LogP contribution is 2.42. The van der Waals surface area contributed by atoms with Crippen LogP contribution in [0.5, 0.6) is 0 Å². The Labute approximate surface area is 139 Å². The van der Waals surface area contributed by atoms with E-state index in [0.717, 1.165) is 17.7 Å². The zero-order valence-corrected chi connectivity index (χ0v) is 14.5. The van der Waals surface area contributed by atoms with Gasteiger partial charge in [0.1, 0.15) is 5.60 Å². The number of hydrogen-bond acceptors (Lipinski definition) is 4. The van der Waals surface area contributed by atoms with Crippen molar-refractivity contribution in [2.24, 2.45) is 5.92 Å². The van der Waals surface area contributed by atoms with E-state index in [0.29, 0.717) is 5.92 Å². The fourth-order valence-corrected chi connectivity index (χ4v) is 3.13. The third-order valence-electron chi connectivity index (χ3n) is 3.41. The number of carbonyl (C=O) groups is 1. The number of rotatable bonds is 7. The fourth-order valence-electron chi connectivity index (χ4n) is 2.23. The molecule has 4 nitrogen and oxygen atoms in total. The molecule has 1 unspecified atom stereocenters. The van der Waals surface area contributed by atoms with Crippen LogP contribution in [-0.4, -0.2) is 30.7 Å². The van der Waals surface area contributed by atoms with Gasteiger partial charge in [-0.1, -0.05) is 6.07 Å². The van der Waals surface area contributed by atoms with Crippen molar-refractivity contribution in [2.45, 2.75) is 51.2 Å². The van der Waals surface area contributed by atoms with Gasteiger partial charge in [0, 0.05) is 10.9 Å². The summed E-state index contributed by atoms with van der Waals surface area (Å²) in [5.74, 6) is -2.59. The van der Waals surface area contributed by atoms with Gasteiger partial charge in [0.05, 0.1) is 13.1 Å². The van der Waals surface area contributed by atoms with Crippen LogP contribution in [0, 0.1) is 5.92 Å². The lowest BCUT2D eigenvalue weighted by Crippen LogP contribution is -2.45. The van der Waals surface area contributed by atoms with Gasteiger partial charge in [-0.3, -0.25) is 0 Å². The molecule has 0 aromatic carbocycles. The first kappa shape index (κ1) is 18.1. The molecule has 1 fully saturated rings. The van der Waals surface area contributed by atoms with Crippen molar-refractivity contribution in [3.8, 4) is 0 Å². The summed E-state index contributed by atoms with van der Waals surface area (Å²) in [4.78, 5) is 12.5. The van der Waals surface area contributed by atoms with Gasteiger partial charge in [-0.05, 0) is 51.0 Å². The summed E-state index contributed by atoms with van der Waals surface area (Å²) in [6.45, 7) is 3.85. The molecule has 1 aromatic rings. The van der Waals surface area contributed by atoms with Gasteiger partial charge in [-0.25, -0.2) is 13.6 Å². The Morgan fingerprint density at radius 3 is 2.61 bits per heavy atom. The monoisotopic (exact) mass is 346 g/mol. The number of alkyl halides is 2. The van der Waals surface area contributed by atoms with Crippen LogP contribution in [0.15, 0.2) is 17.5 Å². The molecule has 1 aliphatic carbocycles.